The van der Waals surface area contributed by atoms with Crippen molar-refractivity contribution in [2.75, 3.05) is 6.61 Å². The highest BCUT2D eigenvalue weighted by Gasteiger charge is 2.78. The van der Waals surface area contributed by atoms with Crippen LogP contribution in [0.15, 0.2) is 53.1 Å². The third-order valence-electron chi connectivity index (χ3n) is 12.9. The van der Waals surface area contributed by atoms with Crippen molar-refractivity contribution in [2.24, 2.45) is 16.7 Å². The number of aliphatic hydroxyl groups is 3. The van der Waals surface area contributed by atoms with Gasteiger partial charge in [0.1, 0.15) is 29.5 Å². The average Bonchev–Trinajstić information content (AvgIpc) is 3.16. The number of benzene rings is 1. The second-order valence-corrected chi connectivity index (χ2v) is 19.0. The molecule has 0 spiro atoms. The van der Waals surface area contributed by atoms with E-state index in [9.17, 15) is 39.3 Å². The van der Waals surface area contributed by atoms with Crippen LogP contribution in [0.25, 0.3) is 0 Å². The number of Topliss-reactive ketones (excluding diaryl/α,β-unsaturated/α-hetero) is 1. The molecule has 5 rings (SSSR count). The zero-order valence-corrected chi connectivity index (χ0v) is 37.6. The first kappa shape index (κ1) is 48.4. The minimum Gasteiger partial charge on any atom is -0.456 e. The van der Waals surface area contributed by atoms with Gasteiger partial charge < -0.3 is 49.1 Å². The summed E-state index contributed by atoms with van der Waals surface area (Å²) in [4.78, 5) is 83.6. The van der Waals surface area contributed by atoms with E-state index in [0.29, 0.717) is 18.4 Å². The Kier molecular flexibility index (Phi) is 13.9. The van der Waals surface area contributed by atoms with Crippen LogP contribution in [0.4, 0.5) is 4.79 Å². The van der Waals surface area contributed by atoms with Gasteiger partial charge in [-0.3, -0.25) is 14.4 Å². The van der Waals surface area contributed by atoms with E-state index in [1.54, 1.807) is 66.7 Å². The third-order valence-corrected chi connectivity index (χ3v) is 12.9. The van der Waals surface area contributed by atoms with Crippen LogP contribution in [0.3, 0.4) is 0 Å². The van der Waals surface area contributed by atoms with Crippen molar-refractivity contribution in [2.45, 2.75) is 168 Å². The Hall–Kier alpha value is -4.64. The lowest BCUT2D eigenvalue weighted by molar-refractivity contribution is -0.346. The van der Waals surface area contributed by atoms with E-state index < -0.39 is 118 Å². The number of rotatable bonds is 12. The van der Waals surface area contributed by atoms with Gasteiger partial charge in [0.15, 0.2) is 23.6 Å². The summed E-state index contributed by atoms with van der Waals surface area (Å²) in [5, 5.41) is 39.9. The molecule has 0 aromatic heterocycles. The summed E-state index contributed by atoms with van der Waals surface area (Å²) in [6.45, 7) is 17.1. The average molecular weight is 870 g/mol. The molecular weight excluding hydrogens is 806 g/mol. The van der Waals surface area contributed by atoms with Crippen LogP contribution in [0.2, 0.25) is 0 Å². The van der Waals surface area contributed by atoms with Gasteiger partial charge in [0.25, 0.3) is 0 Å². The number of allylic oxidation sites excluding steroid dienone is 1. The highest BCUT2D eigenvalue weighted by molar-refractivity contribution is 5.96. The van der Waals surface area contributed by atoms with E-state index in [1.165, 1.54) is 32.1 Å². The molecule has 1 amide bonds. The number of unbranched alkanes of at least 4 members (excludes halogenated alkanes) is 1. The van der Waals surface area contributed by atoms with Crippen LogP contribution >= 0.6 is 0 Å². The van der Waals surface area contributed by atoms with Crippen molar-refractivity contribution in [3.63, 3.8) is 0 Å². The van der Waals surface area contributed by atoms with Crippen LogP contribution in [0.1, 0.15) is 119 Å². The molecular formula is C46H63NO15. The van der Waals surface area contributed by atoms with Gasteiger partial charge in [-0.1, -0.05) is 57.0 Å². The predicted molar refractivity (Wildman–Crippen MR) is 221 cm³/mol. The Bertz CT molecular complexity index is 1980. The van der Waals surface area contributed by atoms with Gasteiger partial charge >= 0.3 is 30.0 Å². The largest absolute Gasteiger partial charge is 0.456 e. The van der Waals surface area contributed by atoms with Crippen molar-refractivity contribution in [1.82, 2.24) is 5.32 Å². The molecule has 62 heavy (non-hydrogen) atoms. The summed E-state index contributed by atoms with van der Waals surface area (Å²) in [6, 6.07) is 6.51. The smallest absolute Gasteiger partial charge is 0.408 e. The summed E-state index contributed by atoms with van der Waals surface area (Å²) in [5.41, 5.74) is -7.89. The zero-order chi connectivity index (χ0) is 46.3. The Morgan fingerprint density at radius 2 is 1.66 bits per heavy atom. The molecule has 16 nitrogen and oxygen atoms in total. The number of hydrogen-bond acceptors (Lipinski definition) is 15. The van der Waals surface area contributed by atoms with Crippen LogP contribution in [-0.4, -0.2) is 117 Å². The lowest BCUT2D eigenvalue weighted by atomic mass is 9.44. The molecule has 3 aliphatic carbocycles. The molecule has 2 bridgehead atoms. The maximum atomic E-state index is 15.7. The molecule has 4 N–H and O–H groups in total. The molecule has 4 aliphatic rings. The first-order chi connectivity index (χ1) is 28.7. The highest BCUT2D eigenvalue weighted by atomic mass is 16.6. The molecule has 1 heterocycles. The Morgan fingerprint density at radius 1 is 1.02 bits per heavy atom. The molecule has 3 fully saturated rings. The number of aliphatic hydroxyl groups excluding tert-OH is 2. The summed E-state index contributed by atoms with van der Waals surface area (Å²) < 4.78 is 35.9. The van der Waals surface area contributed by atoms with Crippen LogP contribution in [0, 0.1) is 16.7 Å². The third kappa shape index (κ3) is 8.93. The molecule has 11 atom stereocenters. The van der Waals surface area contributed by atoms with Crippen molar-refractivity contribution in [1.29, 1.82) is 0 Å². The van der Waals surface area contributed by atoms with E-state index >= 15 is 4.79 Å². The lowest BCUT2D eigenvalue weighted by Crippen LogP contribution is -2.82. The Labute approximate surface area is 362 Å². The zero-order valence-electron chi connectivity index (χ0n) is 37.6. The van der Waals surface area contributed by atoms with Gasteiger partial charge in [0.2, 0.25) is 0 Å². The number of esters is 4. The lowest BCUT2D eigenvalue weighted by Gasteiger charge is -2.67. The normalized spacial score (nSPS) is 32.1. The quantitative estimate of drug-likeness (QED) is 0.128. The number of nitrogens with one attached hydrogen (secondary N) is 1. The first-order valence-corrected chi connectivity index (χ1v) is 21.2. The fourth-order valence-electron chi connectivity index (χ4n) is 9.73. The van der Waals surface area contributed by atoms with Crippen molar-refractivity contribution in [3.8, 4) is 0 Å². The maximum absolute atomic E-state index is 15.7. The standard InChI is InChI=1S/C46H63NO15/c1-12-13-19-32(50)59-35-33-25(4)29(58-40(54)34(51)28(20-24(2)3)47-41(55)62-42(6,7)8)22-46(56,43(33,9)10)38(60-39(53)27-17-15-14-16-18-27)36-44(11,37(35)52)30(49)21-31-45(36,23-57-31)61-26(5)48/h14-18,20,28-31,34-36,38,49,51,56H,12-13,19,21-23H2,1-11H3,(H,47,55)/t28-,29-,30-,31+,34+,35+,36-,38-,44+,45-,46+/m0/s1. The number of ketones is 1. The Balaban J connectivity index is 1.75. The fourth-order valence-corrected chi connectivity index (χ4v) is 9.73. The molecule has 16 heteroatoms. The summed E-state index contributed by atoms with van der Waals surface area (Å²) in [6.07, 6.45) is -9.00. The number of hydrogen-bond donors (Lipinski definition) is 4. The van der Waals surface area contributed by atoms with Crippen molar-refractivity contribution >= 4 is 35.8 Å². The van der Waals surface area contributed by atoms with E-state index in [2.05, 4.69) is 5.32 Å². The number of amides is 1. The molecule has 2 saturated carbocycles. The van der Waals surface area contributed by atoms with E-state index in [-0.39, 0.29) is 36.2 Å². The highest BCUT2D eigenvalue weighted by Crippen LogP contribution is 2.64. The van der Waals surface area contributed by atoms with Gasteiger partial charge in [-0.15, -0.1) is 0 Å². The van der Waals surface area contributed by atoms with Crippen LogP contribution < -0.4 is 5.32 Å². The summed E-state index contributed by atoms with van der Waals surface area (Å²) in [5.74, 6) is -6.09. The minimum absolute atomic E-state index is 0.0160. The van der Waals surface area contributed by atoms with E-state index in [1.807, 2.05) is 6.92 Å². The SMILES string of the molecule is CCCCC(=O)O[C@H]1C(=O)[C@@]2(C)[C@H]([C@H](OC(=O)c3ccccc3)[C@]3(O)C[C@H](OC(=O)[C@H](O)[C@H](C=C(C)C)NC(=O)OC(C)(C)C)C(C)=C1C3(C)C)[C@]1(OC(C)=O)CO[C@@H]1C[C@@H]2O. The first-order valence-electron chi connectivity index (χ1n) is 21.2. The van der Waals surface area contributed by atoms with Gasteiger partial charge in [-0.05, 0) is 78.2 Å². The van der Waals surface area contributed by atoms with Gasteiger partial charge in [0.05, 0.1) is 35.6 Å². The fraction of sp³-hybridized carbons (Fsp3) is 0.652. The second-order valence-electron chi connectivity index (χ2n) is 19.0. The maximum Gasteiger partial charge on any atom is 0.408 e. The topological polar surface area (TPSA) is 231 Å². The predicted octanol–water partition coefficient (Wildman–Crippen LogP) is 4.59. The second kappa shape index (κ2) is 17.9. The number of ether oxygens (including phenoxy) is 6. The molecule has 0 unspecified atom stereocenters. The Morgan fingerprint density at radius 3 is 2.21 bits per heavy atom. The number of alkyl carbamates (subject to hydrolysis) is 1. The summed E-state index contributed by atoms with van der Waals surface area (Å²) in [7, 11) is 0. The number of carbonyl (C=O) groups excluding carboxylic acids is 6. The summed E-state index contributed by atoms with van der Waals surface area (Å²) >= 11 is 0. The molecule has 1 aliphatic heterocycles. The van der Waals surface area contributed by atoms with Gasteiger partial charge in [-0.25, -0.2) is 14.4 Å². The molecule has 1 saturated heterocycles. The van der Waals surface area contributed by atoms with Crippen LogP contribution in [-0.2, 0) is 47.6 Å². The van der Waals surface area contributed by atoms with Crippen molar-refractivity contribution in [3.05, 3.63) is 58.7 Å². The molecule has 342 valence electrons. The molecule has 1 aromatic carbocycles. The van der Waals surface area contributed by atoms with Crippen LogP contribution in [0.5, 0.6) is 0 Å². The monoisotopic (exact) mass is 869 g/mol. The van der Waals surface area contributed by atoms with E-state index in [0.717, 1.165) is 6.92 Å². The van der Waals surface area contributed by atoms with E-state index in [4.69, 9.17) is 28.4 Å². The molecule has 1 aromatic rings. The van der Waals surface area contributed by atoms with Gasteiger partial charge in [0, 0.05) is 31.6 Å². The minimum atomic E-state index is -2.39. The van der Waals surface area contributed by atoms with Crippen molar-refractivity contribution < 1.29 is 72.5 Å². The number of carbonyl (C=O) groups is 6. The number of fused-ring (bicyclic) bond motifs is 5. The van der Waals surface area contributed by atoms with Gasteiger partial charge in [-0.2, -0.15) is 0 Å². The molecule has 0 radical (unpaired) electrons.